The van der Waals surface area contributed by atoms with Gasteiger partial charge in [-0.15, -0.1) is 0 Å². The van der Waals surface area contributed by atoms with E-state index in [0.717, 1.165) is 15.7 Å². The average Bonchev–Trinajstić information content (AvgIpc) is 2.71. The highest BCUT2D eigenvalue weighted by Gasteiger charge is 2.14. The molecule has 0 aliphatic carbocycles. The predicted octanol–water partition coefficient (Wildman–Crippen LogP) is 3.80. The Morgan fingerprint density at radius 3 is 2.31 bits per heavy atom. The van der Waals surface area contributed by atoms with Gasteiger partial charge in [0.15, 0.2) is 0 Å². The quantitative estimate of drug-likeness (QED) is 0.459. The van der Waals surface area contributed by atoms with Crippen molar-refractivity contribution in [2.45, 2.75) is 6.92 Å². The number of halogens is 1. The maximum atomic E-state index is 12.4. The number of pyridine rings is 1. The zero-order valence-corrected chi connectivity index (χ0v) is 16.8. The van der Waals surface area contributed by atoms with Gasteiger partial charge >= 0.3 is 0 Å². The van der Waals surface area contributed by atoms with Crippen LogP contribution in [0.25, 0.3) is 11.3 Å². The maximum Gasteiger partial charge on any atom is 0.271 e. The molecule has 2 N–H and O–H groups in total. The lowest BCUT2D eigenvalue weighted by atomic mass is 10.1. The van der Waals surface area contributed by atoms with Crippen LogP contribution in [-0.2, 0) is 0 Å². The first-order valence-corrected chi connectivity index (χ1v) is 9.23. The summed E-state index contributed by atoms with van der Waals surface area (Å²) in [6, 6.07) is 16.0. The largest absolute Gasteiger partial charge is 0.271 e. The molecule has 0 aliphatic rings. The number of nitro benzene ring substituents is 1. The standard InChI is InChI=1S/C20H15BrN4O4/c1-12-17(9-10-18(22-12)14-3-2-4-15(21)11-14)20(27)24-23-19(26)13-5-7-16(8-6-13)25(28)29/h2-11H,1H3,(H,23,26)(H,24,27). The van der Waals surface area contributed by atoms with E-state index < -0.39 is 16.7 Å². The Balaban J connectivity index is 1.67. The number of nitro groups is 1. The number of nitrogens with zero attached hydrogens (tertiary/aromatic N) is 2. The van der Waals surface area contributed by atoms with E-state index in [2.05, 4.69) is 31.8 Å². The highest BCUT2D eigenvalue weighted by atomic mass is 79.9. The summed E-state index contributed by atoms with van der Waals surface area (Å²) in [5, 5.41) is 10.7. The lowest BCUT2D eigenvalue weighted by Gasteiger charge is -2.10. The fraction of sp³-hybridized carbons (Fsp3) is 0.0500. The molecule has 29 heavy (non-hydrogen) atoms. The Morgan fingerprint density at radius 2 is 1.69 bits per heavy atom. The van der Waals surface area contributed by atoms with Crippen molar-refractivity contribution in [2.75, 3.05) is 0 Å². The molecule has 2 aromatic carbocycles. The van der Waals surface area contributed by atoms with Gasteiger partial charge in [-0.25, -0.2) is 0 Å². The Labute approximate surface area is 174 Å². The number of hydrogen-bond donors (Lipinski definition) is 2. The van der Waals surface area contributed by atoms with Crippen molar-refractivity contribution in [3.63, 3.8) is 0 Å². The first-order chi connectivity index (χ1) is 13.8. The first-order valence-electron chi connectivity index (χ1n) is 8.44. The average molecular weight is 455 g/mol. The number of aromatic nitrogens is 1. The maximum absolute atomic E-state index is 12.4. The minimum atomic E-state index is -0.593. The molecule has 3 rings (SSSR count). The van der Waals surface area contributed by atoms with Crippen molar-refractivity contribution in [1.82, 2.24) is 15.8 Å². The van der Waals surface area contributed by atoms with Crippen molar-refractivity contribution < 1.29 is 14.5 Å². The Kier molecular flexibility index (Phi) is 5.99. The zero-order valence-electron chi connectivity index (χ0n) is 15.2. The molecule has 1 aromatic heterocycles. The minimum absolute atomic E-state index is 0.127. The monoisotopic (exact) mass is 454 g/mol. The van der Waals surface area contributed by atoms with Crippen molar-refractivity contribution in [3.8, 4) is 11.3 Å². The third kappa shape index (κ3) is 4.82. The van der Waals surface area contributed by atoms with Crippen molar-refractivity contribution in [2.24, 2.45) is 0 Å². The second kappa shape index (κ2) is 8.61. The van der Waals surface area contributed by atoms with Crippen LogP contribution in [0, 0.1) is 17.0 Å². The fourth-order valence-electron chi connectivity index (χ4n) is 2.60. The van der Waals surface area contributed by atoms with Gasteiger partial charge in [0.25, 0.3) is 17.5 Å². The molecule has 0 spiro atoms. The summed E-state index contributed by atoms with van der Waals surface area (Å²) in [6.07, 6.45) is 0. The molecule has 0 unspecified atom stereocenters. The molecule has 0 fully saturated rings. The lowest BCUT2D eigenvalue weighted by Crippen LogP contribution is -2.41. The molecule has 0 radical (unpaired) electrons. The number of aryl methyl sites for hydroxylation is 1. The zero-order chi connectivity index (χ0) is 21.0. The van der Waals surface area contributed by atoms with Crippen molar-refractivity contribution in [3.05, 3.63) is 92.1 Å². The van der Waals surface area contributed by atoms with Gasteiger partial charge in [0.2, 0.25) is 0 Å². The summed E-state index contributed by atoms with van der Waals surface area (Å²) in [4.78, 5) is 39.0. The molecule has 9 heteroatoms. The number of nitrogens with one attached hydrogen (secondary N) is 2. The third-order valence-corrected chi connectivity index (χ3v) is 4.57. The fourth-order valence-corrected chi connectivity index (χ4v) is 3.00. The topological polar surface area (TPSA) is 114 Å². The summed E-state index contributed by atoms with van der Waals surface area (Å²) < 4.78 is 0.922. The molecule has 1 heterocycles. The van der Waals surface area contributed by atoms with E-state index in [4.69, 9.17) is 0 Å². The number of hydrazine groups is 1. The van der Waals surface area contributed by atoms with Crippen LogP contribution in [0.3, 0.4) is 0 Å². The van der Waals surface area contributed by atoms with E-state index in [1.807, 2.05) is 24.3 Å². The van der Waals surface area contributed by atoms with Crippen molar-refractivity contribution in [1.29, 1.82) is 0 Å². The van der Waals surface area contributed by atoms with Gasteiger partial charge in [-0.1, -0.05) is 28.1 Å². The molecule has 0 saturated heterocycles. The molecule has 0 saturated carbocycles. The van der Waals surface area contributed by atoms with Gasteiger partial charge in [0.05, 0.1) is 21.9 Å². The SMILES string of the molecule is Cc1nc(-c2cccc(Br)c2)ccc1C(=O)NNC(=O)c1ccc([N+](=O)[O-])cc1. The number of hydrogen-bond acceptors (Lipinski definition) is 5. The number of amides is 2. The summed E-state index contributed by atoms with van der Waals surface area (Å²) >= 11 is 3.41. The Bertz CT molecular complexity index is 1100. The van der Waals surface area contributed by atoms with E-state index >= 15 is 0 Å². The third-order valence-electron chi connectivity index (χ3n) is 4.08. The summed E-state index contributed by atoms with van der Waals surface area (Å²) in [7, 11) is 0. The Hall–Kier alpha value is -3.59. The molecule has 146 valence electrons. The van der Waals surface area contributed by atoms with E-state index in [9.17, 15) is 19.7 Å². The van der Waals surface area contributed by atoms with Gasteiger partial charge in [-0.2, -0.15) is 0 Å². The number of benzene rings is 2. The Morgan fingerprint density at radius 1 is 1.00 bits per heavy atom. The van der Waals surface area contributed by atoms with Crippen LogP contribution in [0.1, 0.15) is 26.4 Å². The van der Waals surface area contributed by atoms with Crippen LogP contribution < -0.4 is 10.9 Å². The summed E-state index contributed by atoms with van der Waals surface area (Å²) in [5.41, 5.74) is 7.10. The molecule has 3 aromatic rings. The second-order valence-corrected chi connectivity index (χ2v) is 6.97. The highest BCUT2D eigenvalue weighted by molar-refractivity contribution is 9.10. The number of carbonyl (C=O) groups excluding carboxylic acids is 2. The number of rotatable bonds is 4. The van der Waals surface area contributed by atoms with Crippen LogP contribution in [0.4, 0.5) is 5.69 Å². The van der Waals surface area contributed by atoms with Crippen molar-refractivity contribution >= 4 is 33.4 Å². The minimum Gasteiger partial charge on any atom is -0.267 e. The number of carbonyl (C=O) groups is 2. The summed E-state index contributed by atoms with van der Waals surface area (Å²) in [6.45, 7) is 1.70. The van der Waals surface area contributed by atoms with Crippen LogP contribution in [0.2, 0.25) is 0 Å². The van der Waals surface area contributed by atoms with Crippen LogP contribution in [0.15, 0.2) is 65.1 Å². The van der Waals surface area contributed by atoms with Gasteiger partial charge in [0.1, 0.15) is 0 Å². The molecular weight excluding hydrogens is 440 g/mol. The van der Waals surface area contributed by atoms with Gasteiger partial charge in [-0.05, 0) is 43.3 Å². The van der Waals surface area contributed by atoms with Crippen LogP contribution in [-0.4, -0.2) is 21.7 Å². The van der Waals surface area contributed by atoms with E-state index in [1.165, 1.54) is 24.3 Å². The molecule has 0 bridgehead atoms. The normalized spacial score (nSPS) is 10.3. The molecule has 8 nitrogen and oxygen atoms in total. The summed E-state index contributed by atoms with van der Waals surface area (Å²) in [5.74, 6) is -1.12. The second-order valence-electron chi connectivity index (χ2n) is 6.05. The van der Waals surface area contributed by atoms with E-state index in [-0.39, 0.29) is 11.3 Å². The molecule has 0 aliphatic heterocycles. The predicted molar refractivity (Wildman–Crippen MR) is 110 cm³/mol. The molecule has 0 atom stereocenters. The first kappa shape index (κ1) is 20.2. The number of non-ortho nitro benzene ring substituents is 1. The van der Waals surface area contributed by atoms with Gasteiger partial charge < -0.3 is 0 Å². The molecular formula is C20H15BrN4O4. The smallest absolute Gasteiger partial charge is 0.267 e. The lowest BCUT2D eigenvalue weighted by molar-refractivity contribution is -0.384. The van der Waals surface area contributed by atoms with Gasteiger partial charge in [-0.3, -0.25) is 35.5 Å². The van der Waals surface area contributed by atoms with Crippen LogP contribution in [0.5, 0.6) is 0 Å². The molecule has 2 amide bonds. The van der Waals surface area contributed by atoms with Gasteiger partial charge in [0, 0.05) is 27.7 Å². The highest BCUT2D eigenvalue weighted by Crippen LogP contribution is 2.22. The van der Waals surface area contributed by atoms with E-state index in [1.54, 1.807) is 19.1 Å². The van der Waals surface area contributed by atoms with E-state index in [0.29, 0.717) is 11.3 Å². The van der Waals surface area contributed by atoms with Crippen LogP contribution >= 0.6 is 15.9 Å².